The molecule has 238 valence electrons. The maximum absolute atomic E-state index is 5.27. The molecule has 0 saturated carbocycles. The van der Waals surface area contributed by atoms with Gasteiger partial charge in [-0.1, -0.05) is 97.1 Å². The Balaban J connectivity index is 1.26. The van der Waals surface area contributed by atoms with Gasteiger partial charge in [0, 0.05) is 64.9 Å². The number of para-hydroxylation sites is 4. The molecule has 0 aliphatic heterocycles. The van der Waals surface area contributed by atoms with E-state index >= 15 is 0 Å². The van der Waals surface area contributed by atoms with Gasteiger partial charge in [0.15, 0.2) is 0 Å². The van der Waals surface area contributed by atoms with Crippen LogP contribution in [0.4, 0.5) is 0 Å². The van der Waals surface area contributed by atoms with Crippen LogP contribution in [0.15, 0.2) is 176 Å². The number of hydrogen-bond acceptors (Lipinski definition) is 2. The smallest absolute Gasteiger partial charge is 0.0730 e. The topological polar surface area (TPSA) is 22.8 Å². The second-order valence-corrected chi connectivity index (χ2v) is 14.3. The van der Waals surface area contributed by atoms with Crippen LogP contribution in [0.3, 0.4) is 0 Å². The molecule has 0 N–H and O–H groups in total. The summed E-state index contributed by atoms with van der Waals surface area (Å²) < 4.78 is 7.38. The summed E-state index contributed by atoms with van der Waals surface area (Å²) >= 11 is 1.86. The van der Waals surface area contributed by atoms with Crippen molar-refractivity contribution in [2.45, 2.75) is 0 Å². The predicted octanol–water partition coefficient (Wildman–Crippen LogP) is 13.0. The van der Waals surface area contributed by atoms with E-state index in [0.29, 0.717) is 0 Å². The van der Waals surface area contributed by atoms with Gasteiger partial charge < -0.3 is 9.13 Å². The number of pyridine rings is 1. The van der Waals surface area contributed by atoms with Gasteiger partial charge in [0.2, 0.25) is 0 Å². The number of nitrogens with zero attached hydrogens (tertiary/aromatic N) is 3. The van der Waals surface area contributed by atoms with Crippen molar-refractivity contribution < 1.29 is 0 Å². The van der Waals surface area contributed by atoms with E-state index < -0.39 is 0 Å². The Morgan fingerprint density at radius 1 is 0.373 bits per heavy atom. The summed E-state index contributed by atoms with van der Waals surface area (Å²) in [7, 11) is 0. The van der Waals surface area contributed by atoms with E-state index in [1.807, 2.05) is 11.3 Å². The van der Waals surface area contributed by atoms with Crippen molar-refractivity contribution in [3.63, 3.8) is 0 Å². The highest BCUT2D eigenvalue weighted by molar-refractivity contribution is 7.25. The zero-order chi connectivity index (χ0) is 33.5. The molecule has 11 rings (SSSR count). The zero-order valence-electron chi connectivity index (χ0n) is 27.5. The van der Waals surface area contributed by atoms with E-state index in [9.17, 15) is 0 Å². The Hall–Kier alpha value is -6.49. The normalized spacial score (nSPS) is 11.9. The first-order valence-electron chi connectivity index (χ1n) is 17.3. The summed E-state index contributed by atoms with van der Waals surface area (Å²) in [5.41, 5.74) is 11.3. The molecule has 7 aromatic carbocycles. The van der Waals surface area contributed by atoms with E-state index in [-0.39, 0.29) is 0 Å². The van der Waals surface area contributed by atoms with Crippen molar-refractivity contribution in [1.82, 2.24) is 14.1 Å². The van der Waals surface area contributed by atoms with Crippen LogP contribution in [0.25, 0.3) is 97.5 Å². The highest BCUT2D eigenvalue weighted by Gasteiger charge is 2.20. The van der Waals surface area contributed by atoms with Crippen LogP contribution < -0.4 is 0 Å². The van der Waals surface area contributed by atoms with Crippen LogP contribution in [0, 0.1) is 0 Å². The third-order valence-electron chi connectivity index (χ3n) is 10.4. The third-order valence-corrected chi connectivity index (χ3v) is 11.5. The Bertz CT molecular complexity index is 3130. The molecule has 0 amide bonds. The number of rotatable bonds is 4. The van der Waals surface area contributed by atoms with E-state index in [0.717, 1.165) is 39.1 Å². The number of hydrogen-bond donors (Lipinski definition) is 0. The Morgan fingerprint density at radius 3 is 1.65 bits per heavy atom. The molecule has 0 aliphatic carbocycles. The van der Waals surface area contributed by atoms with Crippen molar-refractivity contribution in [2.75, 3.05) is 0 Å². The van der Waals surface area contributed by atoms with Crippen LogP contribution in [0.5, 0.6) is 0 Å². The molecule has 0 bridgehead atoms. The Morgan fingerprint density at radius 2 is 0.941 bits per heavy atom. The SMILES string of the molecule is c1ccc(-n2c3ccccc3c3cnc(-c4cc5c(cc4-c4ccc6sc7ccccc7c6c4)c4ccccc4n5-c4ccccc4)cc32)cc1. The fraction of sp³-hybridized carbons (Fsp3) is 0. The molecule has 51 heavy (non-hydrogen) atoms. The molecule has 3 nitrogen and oxygen atoms in total. The number of thiophene rings is 1. The van der Waals surface area contributed by atoms with E-state index in [1.165, 1.54) is 58.5 Å². The van der Waals surface area contributed by atoms with Crippen molar-refractivity contribution in [1.29, 1.82) is 0 Å². The van der Waals surface area contributed by atoms with Gasteiger partial charge in [0.1, 0.15) is 0 Å². The third kappa shape index (κ3) is 4.27. The van der Waals surface area contributed by atoms with Crippen LogP contribution in [0.1, 0.15) is 0 Å². The minimum atomic E-state index is 0.944. The number of benzene rings is 7. The molecule has 4 heterocycles. The minimum absolute atomic E-state index is 0.944. The highest BCUT2D eigenvalue weighted by atomic mass is 32.1. The van der Waals surface area contributed by atoms with Crippen molar-refractivity contribution >= 4 is 75.1 Å². The molecule has 0 spiro atoms. The highest BCUT2D eigenvalue weighted by Crippen LogP contribution is 2.44. The van der Waals surface area contributed by atoms with Crippen LogP contribution in [-0.2, 0) is 0 Å². The summed E-state index contributed by atoms with van der Waals surface area (Å²) in [6.07, 6.45) is 2.07. The summed E-state index contributed by atoms with van der Waals surface area (Å²) in [6, 6.07) is 61.5. The lowest BCUT2D eigenvalue weighted by Gasteiger charge is -2.14. The van der Waals surface area contributed by atoms with Crippen molar-refractivity contribution in [2.24, 2.45) is 0 Å². The van der Waals surface area contributed by atoms with Crippen molar-refractivity contribution in [3.05, 3.63) is 176 Å². The molecule has 0 atom stereocenters. The van der Waals surface area contributed by atoms with Crippen LogP contribution >= 0.6 is 11.3 Å². The molecule has 0 saturated heterocycles. The van der Waals surface area contributed by atoms with Gasteiger partial charge in [-0.15, -0.1) is 11.3 Å². The van der Waals surface area contributed by atoms with Crippen molar-refractivity contribution in [3.8, 4) is 33.8 Å². The van der Waals surface area contributed by atoms with Gasteiger partial charge in [0.05, 0.1) is 27.8 Å². The maximum atomic E-state index is 5.27. The summed E-state index contributed by atoms with van der Waals surface area (Å²) in [6.45, 7) is 0. The standard InChI is InChI=1S/C47H29N3S/c1-3-13-31(14-4-1)49-42-20-10-7-17-33(42)38-26-36(30-23-24-47-39(25-30)35-19-9-12-22-46(35)51-47)37(27-44(38)49)41-28-45-40(29-48-41)34-18-8-11-21-43(34)50(45)32-15-5-2-6-16-32/h1-29H. The first-order chi connectivity index (χ1) is 25.3. The minimum Gasteiger partial charge on any atom is -0.309 e. The summed E-state index contributed by atoms with van der Waals surface area (Å²) in [5, 5.41) is 7.39. The van der Waals surface area contributed by atoms with E-state index in [4.69, 9.17) is 4.98 Å². The molecular weight excluding hydrogens is 639 g/mol. The van der Waals surface area contributed by atoms with E-state index in [1.54, 1.807) is 0 Å². The number of aromatic nitrogens is 3. The molecule has 0 fully saturated rings. The lowest BCUT2D eigenvalue weighted by molar-refractivity contribution is 1.17. The molecule has 0 aliphatic rings. The van der Waals surface area contributed by atoms with Gasteiger partial charge in [-0.25, -0.2) is 0 Å². The molecule has 0 unspecified atom stereocenters. The maximum Gasteiger partial charge on any atom is 0.0730 e. The average Bonchev–Trinajstić information content (AvgIpc) is 3.85. The van der Waals surface area contributed by atoms with Crippen LogP contribution in [-0.4, -0.2) is 14.1 Å². The largest absolute Gasteiger partial charge is 0.309 e. The summed E-state index contributed by atoms with van der Waals surface area (Å²) in [5.74, 6) is 0. The van der Waals surface area contributed by atoms with Gasteiger partial charge in [-0.2, -0.15) is 0 Å². The lowest BCUT2D eigenvalue weighted by Crippen LogP contribution is -1.96. The first-order valence-corrected chi connectivity index (χ1v) is 18.1. The fourth-order valence-corrected chi connectivity index (χ4v) is 9.17. The molecular formula is C47H29N3S. The predicted molar refractivity (Wildman–Crippen MR) is 217 cm³/mol. The van der Waals surface area contributed by atoms with Crippen LogP contribution in [0.2, 0.25) is 0 Å². The van der Waals surface area contributed by atoms with Gasteiger partial charge in [0.25, 0.3) is 0 Å². The first kappa shape index (κ1) is 28.4. The van der Waals surface area contributed by atoms with Gasteiger partial charge in [-0.05, 0) is 83.9 Å². The molecule has 0 radical (unpaired) electrons. The second kappa shape index (κ2) is 11.0. The second-order valence-electron chi connectivity index (χ2n) is 13.2. The van der Waals surface area contributed by atoms with E-state index in [2.05, 4.69) is 185 Å². The summed E-state index contributed by atoms with van der Waals surface area (Å²) in [4.78, 5) is 5.27. The molecule has 4 heteroatoms. The number of fused-ring (bicyclic) bond motifs is 9. The Labute approximate surface area is 297 Å². The molecule has 4 aromatic heterocycles. The monoisotopic (exact) mass is 667 g/mol. The zero-order valence-corrected chi connectivity index (χ0v) is 28.3. The fourth-order valence-electron chi connectivity index (χ4n) is 8.08. The van der Waals surface area contributed by atoms with Gasteiger partial charge >= 0.3 is 0 Å². The Kier molecular flexibility index (Phi) is 6.12. The molecule has 11 aromatic rings. The average molecular weight is 668 g/mol. The van der Waals surface area contributed by atoms with Gasteiger partial charge in [-0.3, -0.25) is 4.98 Å². The quantitative estimate of drug-likeness (QED) is 0.183. The lowest BCUT2D eigenvalue weighted by atomic mass is 9.93.